The van der Waals surface area contributed by atoms with E-state index >= 15 is 0 Å². The summed E-state index contributed by atoms with van der Waals surface area (Å²) in [4.78, 5) is 10.3. The third kappa shape index (κ3) is 3.61. The van der Waals surface area contributed by atoms with E-state index in [9.17, 15) is 4.79 Å². The highest BCUT2D eigenvalue weighted by atomic mass is 16.5. The third-order valence-corrected chi connectivity index (χ3v) is 0.716. The van der Waals surface area contributed by atoms with Crippen molar-refractivity contribution in [1.29, 1.82) is 0 Å². The fourth-order valence-corrected chi connectivity index (χ4v) is 0.267. The lowest BCUT2D eigenvalue weighted by molar-refractivity contribution is -0.125. The predicted octanol–water partition coefficient (Wildman–Crippen LogP) is 0.0149. The van der Waals surface area contributed by atoms with Gasteiger partial charge in [0, 0.05) is 15.1 Å². The Morgan fingerprint density at radius 2 is 2.50 bits per heavy atom. The Morgan fingerprint density at radius 1 is 1.88 bits per heavy atom. The summed E-state index contributed by atoms with van der Waals surface area (Å²) in [6.07, 6.45) is 0. The number of carbonyl (C=O) groups is 1. The Morgan fingerprint density at radius 3 is 2.88 bits per heavy atom. The Hall–Kier alpha value is -0.570. The van der Waals surface area contributed by atoms with E-state index in [0.29, 0.717) is 6.61 Å². The highest BCUT2D eigenvalue weighted by Crippen LogP contribution is 1.70. The van der Waals surface area contributed by atoms with Crippen LogP contribution in [0.25, 0.3) is 0 Å². The van der Waals surface area contributed by atoms with E-state index in [1.165, 1.54) is 0 Å². The fourth-order valence-electron chi connectivity index (χ4n) is 0.267. The number of nitrogens with one attached hydrogen (secondary N) is 1. The van der Waals surface area contributed by atoms with Crippen LogP contribution in [0.1, 0.15) is 8.35 Å². The van der Waals surface area contributed by atoms with Crippen molar-refractivity contribution in [2.45, 2.75) is 6.92 Å². The summed E-state index contributed by atoms with van der Waals surface area (Å²) in [6, 6.07) is 0. The molecule has 0 unspecified atom stereocenters. The van der Waals surface area contributed by atoms with Crippen molar-refractivity contribution in [3.05, 3.63) is 0 Å². The second kappa shape index (κ2) is 4.59. The summed E-state index contributed by atoms with van der Waals surface area (Å²) >= 11 is 0. The van der Waals surface area contributed by atoms with Crippen molar-refractivity contribution in [2.75, 3.05) is 20.3 Å². The van der Waals surface area contributed by atoms with E-state index < -0.39 is 0 Å². The molecule has 0 aromatic carbocycles. The van der Waals surface area contributed by atoms with Crippen LogP contribution in [0.5, 0.6) is 0 Å². The fraction of sp³-hybridized carbons (Fsp3) is 0.800. The van der Waals surface area contributed by atoms with Crippen LogP contribution in [-0.2, 0) is 9.53 Å². The van der Waals surface area contributed by atoms with E-state index in [-0.39, 0.29) is 13.9 Å². The second-order valence-electron chi connectivity index (χ2n) is 1.31. The molecule has 1 amide bonds. The minimum atomic E-state index is -0.0770. The molecule has 0 aliphatic carbocycles. The minimum absolute atomic E-state index is 0. The summed E-state index contributed by atoms with van der Waals surface area (Å²) in [5.41, 5.74) is 0. The molecule has 0 bridgehead atoms. The standard InChI is InChI=1S/C5H11NO2.H2/c1-3-8-4-5(7)6-2;/h3-4H2,1-2H3,(H,6,7);1H. The van der Waals surface area contributed by atoms with Gasteiger partial charge in [0.2, 0.25) is 5.91 Å². The first kappa shape index (κ1) is 7.43. The molecule has 0 fully saturated rings. The first-order valence-electron chi connectivity index (χ1n) is 2.59. The lowest BCUT2D eigenvalue weighted by Crippen LogP contribution is -2.23. The first-order chi connectivity index (χ1) is 3.81. The number of carbonyl (C=O) groups excluding carboxylic acids is 1. The molecule has 3 heteroatoms. The number of ether oxygens (including phenoxy) is 1. The lowest BCUT2D eigenvalue weighted by Gasteiger charge is -1.96. The van der Waals surface area contributed by atoms with Gasteiger partial charge in [0.15, 0.2) is 0 Å². The van der Waals surface area contributed by atoms with Gasteiger partial charge in [-0.25, -0.2) is 0 Å². The van der Waals surface area contributed by atoms with Gasteiger partial charge >= 0.3 is 0 Å². The normalized spacial score (nSPS) is 8.75. The summed E-state index contributed by atoms with van der Waals surface area (Å²) in [5, 5.41) is 2.44. The van der Waals surface area contributed by atoms with Crippen LogP contribution >= 0.6 is 0 Å². The summed E-state index contributed by atoms with van der Waals surface area (Å²) in [6.45, 7) is 2.61. The van der Waals surface area contributed by atoms with E-state index in [2.05, 4.69) is 5.32 Å². The van der Waals surface area contributed by atoms with Gasteiger partial charge in [-0.2, -0.15) is 0 Å². The van der Waals surface area contributed by atoms with Crippen molar-refractivity contribution >= 4 is 5.91 Å². The van der Waals surface area contributed by atoms with Crippen LogP contribution in [0.4, 0.5) is 0 Å². The number of rotatable bonds is 3. The monoisotopic (exact) mass is 119 g/mol. The Bertz CT molecular complexity index is 77.4. The average Bonchev–Trinajstić information content (AvgIpc) is 1.83. The largest absolute Gasteiger partial charge is 0.372 e. The molecule has 0 aromatic heterocycles. The summed E-state index contributed by atoms with van der Waals surface area (Å²) < 4.78 is 4.77. The molecule has 0 radical (unpaired) electrons. The van der Waals surface area contributed by atoms with Gasteiger partial charge in [0.1, 0.15) is 6.61 Å². The van der Waals surface area contributed by atoms with Crippen LogP contribution in [-0.4, -0.2) is 26.2 Å². The smallest absolute Gasteiger partial charge is 0.245 e. The topological polar surface area (TPSA) is 38.3 Å². The molecule has 1 N–H and O–H groups in total. The van der Waals surface area contributed by atoms with Gasteiger partial charge in [0.25, 0.3) is 0 Å². The molecule has 0 atom stereocenters. The van der Waals surface area contributed by atoms with E-state index in [0.717, 1.165) is 0 Å². The maximum atomic E-state index is 10.3. The zero-order valence-corrected chi connectivity index (χ0v) is 5.23. The molecule has 8 heavy (non-hydrogen) atoms. The second-order valence-corrected chi connectivity index (χ2v) is 1.31. The average molecular weight is 119 g/mol. The van der Waals surface area contributed by atoms with Crippen LogP contribution < -0.4 is 5.32 Å². The summed E-state index contributed by atoms with van der Waals surface area (Å²) in [7, 11) is 1.58. The van der Waals surface area contributed by atoms with Crippen molar-refractivity contribution < 1.29 is 11.0 Å². The maximum absolute atomic E-state index is 10.3. The molecule has 0 aliphatic heterocycles. The SMILES string of the molecule is CCOCC(=O)NC.[HH]. The van der Waals surface area contributed by atoms with Crippen LogP contribution in [0.3, 0.4) is 0 Å². The molecular formula is C5H13NO2. The van der Waals surface area contributed by atoms with Crippen molar-refractivity contribution in [3.63, 3.8) is 0 Å². The molecule has 0 saturated heterocycles. The zero-order valence-electron chi connectivity index (χ0n) is 5.23. The quantitative estimate of drug-likeness (QED) is 0.568. The molecular weight excluding hydrogens is 106 g/mol. The highest BCUT2D eigenvalue weighted by Gasteiger charge is 1.92. The van der Waals surface area contributed by atoms with Crippen molar-refractivity contribution in [3.8, 4) is 0 Å². The van der Waals surface area contributed by atoms with Gasteiger partial charge in [-0.15, -0.1) is 0 Å². The molecule has 0 aromatic rings. The number of hydrogen-bond donors (Lipinski definition) is 1. The van der Waals surface area contributed by atoms with Crippen LogP contribution in [0.15, 0.2) is 0 Å². The van der Waals surface area contributed by atoms with E-state index in [1.807, 2.05) is 6.92 Å². The minimum Gasteiger partial charge on any atom is -0.372 e. The highest BCUT2D eigenvalue weighted by molar-refractivity contribution is 5.76. The molecule has 50 valence electrons. The van der Waals surface area contributed by atoms with Crippen molar-refractivity contribution in [2.24, 2.45) is 0 Å². The number of hydrogen-bond acceptors (Lipinski definition) is 2. The zero-order chi connectivity index (χ0) is 6.41. The van der Waals surface area contributed by atoms with Gasteiger partial charge in [-0.05, 0) is 6.92 Å². The molecule has 0 aliphatic rings. The van der Waals surface area contributed by atoms with Gasteiger partial charge < -0.3 is 10.1 Å². The van der Waals surface area contributed by atoms with Crippen LogP contribution in [0.2, 0.25) is 0 Å². The molecule has 0 heterocycles. The van der Waals surface area contributed by atoms with Gasteiger partial charge in [0.05, 0.1) is 0 Å². The Labute approximate surface area is 50.5 Å². The van der Waals surface area contributed by atoms with Gasteiger partial charge in [-0.1, -0.05) is 0 Å². The molecule has 0 rings (SSSR count). The number of likely N-dealkylation sites (N-methyl/N-ethyl adjacent to an activating group) is 1. The van der Waals surface area contributed by atoms with E-state index in [4.69, 9.17) is 4.74 Å². The van der Waals surface area contributed by atoms with Crippen molar-refractivity contribution in [1.82, 2.24) is 5.32 Å². The predicted molar refractivity (Wildman–Crippen MR) is 32.7 cm³/mol. The molecule has 0 saturated carbocycles. The number of amides is 1. The maximum Gasteiger partial charge on any atom is 0.245 e. The van der Waals surface area contributed by atoms with Gasteiger partial charge in [-0.3, -0.25) is 4.79 Å². The van der Waals surface area contributed by atoms with E-state index in [1.54, 1.807) is 7.05 Å². The third-order valence-electron chi connectivity index (χ3n) is 0.716. The first-order valence-corrected chi connectivity index (χ1v) is 2.59. The van der Waals surface area contributed by atoms with Crippen LogP contribution in [0, 0.1) is 0 Å². The summed E-state index contributed by atoms with van der Waals surface area (Å²) in [5.74, 6) is -0.0770. The Kier molecular flexibility index (Phi) is 4.26. The Balaban J connectivity index is 0. The molecule has 3 nitrogen and oxygen atoms in total. The molecule has 0 spiro atoms. The lowest BCUT2D eigenvalue weighted by atomic mass is 10.6.